The predicted octanol–water partition coefficient (Wildman–Crippen LogP) is 4.48. The lowest BCUT2D eigenvalue weighted by atomic mass is 9.98. The van der Waals surface area contributed by atoms with E-state index in [4.69, 9.17) is 4.74 Å². The SMILES string of the molecule is COc1ccc(-c2[nH]c3ncc(C#N)cc3c2-c2ccc(O)cc2)cc1. The third-order valence-electron chi connectivity index (χ3n) is 4.31. The Morgan fingerprint density at radius 3 is 2.38 bits per heavy atom. The number of H-pyrrole nitrogens is 1. The average Bonchev–Trinajstić information content (AvgIpc) is 3.07. The number of hydrogen-bond donors (Lipinski definition) is 2. The summed E-state index contributed by atoms with van der Waals surface area (Å²) in [6, 6.07) is 18.7. The number of fused-ring (bicyclic) bond motifs is 1. The van der Waals surface area contributed by atoms with E-state index in [9.17, 15) is 10.4 Å². The molecule has 0 amide bonds. The van der Waals surface area contributed by atoms with Gasteiger partial charge in [0.15, 0.2) is 0 Å². The van der Waals surface area contributed by atoms with E-state index in [1.807, 2.05) is 42.5 Å². The van der Waals surface area contributed by atoms with Crippen LogP contribution in [0.4, 0.5) is 0 Å². The van der Waals surface area contributed by atoms with E-state index < -0.39 is 0 Å². The van der Waals surface area contributed by atoms with Crippen LogP contribution >= 0.6 is 0 Å². The van der Waals surface area contributed by atoms with Gasteiger partial charge in [0.1, 0.15) is 23.2 Å². The molecule has 0 saturated carbocycles. The summed E-state index contributed by atoms with van der Waals surface area (Å²) < 4.78 is 5.24. The van der Waals surface area contributed by atoms with Crippen molar-refractivity contribution in [3.8, 4) is 40.0 Å². The number of aromatic hydroxyl groups is 1. The van der Waals surface area contributed by atoms with Gasteiger partial charge in [0.05, 0.1) is 18.4 Å². The van der Waals surface area contributed by atoms with Gasteiger partial charge in [-0.05, 0) is 53.6 Å². The molecule has 5 nitrogen and oxygen atoms in total. The second-order valence-corrected chi connectivity index (χ2v) is 5.88. The standard InChI is InChI=1S/C21H15N3O2/c1-26-17-8-4-15(5-9-17)20-19(14-2-6-16(25)7-3-14)18-10-13(11-22)12-23-21(18)24-20/h2-10,12,25H,1H3,(H,23,24). The lowest BCUT2D eigenvalue weighted by Crippen LogP contribution is -1.85. The maximum atomic E-state index is 9.62. The van der Waals surface area contributed by atoms with Crippen LogP contribution in [0, 0.1) is 11.3 Å². The van der Waals surface area contributed by atoms with Crippen LogP contribution in [-0.4, -0.2) is 22.2 Å². The second kappa shape index (κ2) is 6.26. The number of rotatable bonds is 3. The Morgan fingerprint density at radius 2 is 1.73 bits per heavy atom. The largest absolute Gasteiger partial charge is 0.508 e. The van der Waals surface area contributed by atoms with Crippen LogP contribution in [0.2, 0.25) is 0 Å². The quantitative estimate of drug-likeness (QED) is 0.575. The first-order valence-electron chi connectivity index (χ1n) is 8.05. The molecule has 2 aromatic carbocycles. The van der Waals surface area contributed by atoms with E-state index in [1.54, 1.807) is 25.4 Å². The van der Waals surface area contributed by atoms with Crippen molar-refractivity contribution in [1.29, 1.82) is 5.26 Å². The van der Waals surface area contributed by atoms with Crippen LogP contribution in [0.5, 0.6) is 11.5 Å². The number of phenols is 1. The van der Waals surface area contributed by atoms with Gasteiger partial charge < -0.3 is 14.8 Å². The first-order chi connectivity index (χ1) is 12.7. The first kappa shape index (κ1) is 15.7. The number of hydrogen-bond acceptors (Lipinski definition) is 4. The molecule has 0 unspecified atom stereocenters. The van der Waals surface area contributed by atoms with Crippen LogP contribution in [0.1, 0.15) is 5.56 Å². The summed E-state index contributed by atoms with van der Waals surface area (Å²) in [5, 5.41) is 19.7. The van der Waals surface area contributed by atoms with Gasteiger partial charge in [-0.25, -0.2) is 4.98 Å². The summed E-state index contributed by atoms with van der Waals surface area (Å²) in [4.78, 5) is 7.74. The zero-order valence-corrected chi connectivity index (χ0v) is 14.0. The summed E-state index contributed by atoms with van der Waals surface area (Å²) in [5.41, 5.74) is 4.95. The number of benzene rings is 2. The minimum Gasteiger partial charge on any atom is -0.508 e. The fraction of sp³-hybridized carbons (Fsp3) is 0.0476. The topological polar surface area (TPSA) is 81.9 Å². The van der Waals surface area contributed by atoms with Crippen molar-refractivity contribution in [1.82, 2.24) is 9.97 Å². The zero-order chi connectivity index (χ0) is 18.1. The smallest absolute Gasteiger partial charge is 0.138 e. The summed E-state index contributed by atoms with van der Waals surface area (Å²) in [7, 11) is 1.63. The lowest BCUT2D eigenvalue weighted by molar-refractivity contribution is 0.415. The Hall–Kier alpha value is -3.78. The lowest BCUT2D eigenvalue weighted by Gasteiger charge is -2.07. The minimum absolute atomic E-state index is 0.204. The van der Waals surface area contributed by atoms with Gasteiger partial charge in [-0.1, -0.05) is 12.1 Å². The van der Waals surface area contributed by atoms with Crippen molar-refractivity contribution < 1.29 is 9.84 Å². The zero-order valence-electron chi connectivity index (χ0n) is 14.0. The number of ether oxygens (including phenoxy) is 1. The fourth-order valence-electron chi connectivity index (χ4n) is 3.03. The third kappa shape index (κ3) is 2.64. The van der Waals surface area contributed by atoms with Crippen molar-refractivity contribution >= 4 is 11.0 Å². The molecule has 0 radical (unpaired) electrons. The monoisotopic (exact) mass is 341 g/mol. The average molecular weight is 341 g/mol. The molecular weight excluding hydrogens is 326 g/mol. The number of nitriles is 1. The van der Waals surface area contributed by atoms with Crippen LogP contribution in [0.25, 0.3) is 33.4 Å². The highest BCUT2D eigenvalue weighted by Crippen LogP contribution is 2.38. The van der Waals surface area contributed by atoms with Crippen LogP contribution < -0.4 is 4.74 Å². The maximum Gasteiger partial charge on any atom is 0.138 e. The van der Waals surface area contributed by atoms with Gasteiger partial charge in [0.25, 0.3) is 0 Å². The van der Waals surface area contributed by atoms with E-state index in [-0.39, 0.29) is 5.75 Å². The van der Waals surface area contributed by atoms with E-state index in [0.717, 1.165) is 33.5 Å². The van der Waals surface area contributed by atoms with Crippen molar-refractivity contribution in [3.63, 3.8) is 0 Å². The number of pyridine rings is 1. The summed E-state index contributed by atoms with van der Waals surface area (Å²) in [5.74, 6) is 0.983. The van der Waals surface area contributed by atoms with Gasteiger partial charge in [-0.2, -0.15) is 5.26 Å². The van der Waals surface area contributed by atoms with Gasteiger partial charge in [-0.3, -0.25) is 0 Å². The van der Waals surface area contributed by atoms with E-state index in [1.165, 1.54) is 0 Å². The summed E-state index contributed by atoms with van der Waals surface area (Å²) in [6.45, 7) is 0. The van der Waals surface area contributed by atoms with Gasteiger partial charge in [-0.15, -0.1) is 0 Å². The van der Waals surface area contributed by atoms with E-state index in [0.29, 0.717) is 11.2 Å². The van der Waals surface area contributed by atoms with Crippen LogP contribution in [0.15, 0.2) is 60.8 Å². The van der Waals surface area contributed by atoms with Crippen LogP contribution in [-0.2, 0) is 0 Å². The van der Waals surface area contributed by atoms with Crippen molar-refractivity contribution in [2.45, 2.75) is 0 Å². The van der Waals surface area contributed by atoms with E-state index >= 15 is 0 Å². The normalized spacial score (nSPS) is 10.6. The Bertz CT molecular complexity index is 1120. The number of aromatic amines is 1. The van der Waals surface area contributed by atoms with Crippen molar-refractivity contribution in [3.05, 3.63) is 66.4 Å². The van der Waals surface area contributed by atoms with Crippen molar-refractivity contribution in [2.75, 3.05) is 7.11 Å². The molecule has 4 rings (SSSR count). The molecule has 4 aromatic rings. The first-order valence-corrected chi connectivity index (χ1v) is 8.05. The molecule has 0 aliphatic rings. The van der Waals surface area contributed by atoms with Gasteiger partial charge in [0.2, 0.25) is 0 Å². The molecule has 2 N–H and O–H groups in total. The number of nitrogens with one attached hydrogen (secondary N) is 1. The molecule has 0 atom stereocenters. The molecule has 5 heteroatoms. The van der Waals surface area contributed by atoms with Crippen LogP contribution in [0.3, 0.4) is 0 Å². The molecule has 0 saturated heterocycles. The molecule has 126 valence electrons. The Balaban J connectivity index is 2.00. The Morgan fingerprint density at radius 1 is 1.04 bits per heavy atom. The fourth-order valence-corrected chi connectivity index (χ4v) is 3.03. The number of methoxy groups -OCH3 is 1. The molecular formula is C21H15N3O2. The van der Waals surface area contributed by atoms with E-state index in [2.05, 4.69) is 16.0 Å². The molecule has 0 spiro atoms. The van der Waals surface area contributed by atoms with Gasteiger partial charge >= 0.3 is 0 Å². The minimum atomic E-state index is 0.204. The molecule has 0 bridgehead atoms. The Kier molecular flexibility index (Phi) is 3.79. The highest BCUT2D eigenvalue weighted by Gasteiger charge is 2.16. The predicted molar refractivity (Wildman–Crippen MR) is 99.9 cm³/mol. The number of phenolic OH excluding ortho intramolecular Hbond substituents is 1. The number of nitrogens with zero attached hydrogens (tertiary/aromatic N) is 2. The molecule has 0 fully saturated rings. The van der Waals surface area contributed by atoms with Crippen molar-refractivity contribution in [2.24, 2.45) is 0 Å². The molecule has 0 aliphatic heterocycles. The highest BCUT2D eigenvalue weighted by atomic mass is 16.5. The van der Waals surface area contributed by atoms with Gasteiger partial charge in [0, 0.05) is 17.1 Å². The highest BCUT2D eigenvalue weighted by molar-refractivity contribution is 6.02. The number of aromatic nitrogens is 2. The third-order valence-corrected chi connectivity index (χ3v) is 4.31. The summed E-state index contributed by atoms with van der Waals surface area (Å²) in [6.07, 6.45) is 1.55. The Labute approximate surface area is 150 Å². The molecule has 0 aliphatic carbocycles. The summed E-state index contributed by atoms with van der Waals surface area (Å²) >= 11 is 0. The molecule has 2 aromatic heterocycles. The molecule has 2 heterocycles. The second-order valence-electron chi connectivity index (χ2n) is 5.88. The maximum absolute atomic E-state index is 9.62. The molecule has 26 heavy (non-hydrogen) atoms.